The van der Waals surface area contributed by atoms with Gasteiger partial charge < -0.3 is 19.6 Å². The van der Waals surface area contributed by atoms with Crippen molar-refractivity contribution in [1.29, 1.82) is 0 Å². The molecule has 1 saturated heterocycles. The number of rotatable bonds is 4. The molecule has 2 rings (SSSR count). The van der Waals surface area contributed by atoms with E-state index in [1.807, 2.05) is 20.8 Å². The second-order valence-corrected chi connectivity index (χ2v) is 5.35. The average molecular weight is 282 g/mol. The van der Waals surface area contributed by atoms with E-state index in [1.165, 1.54) is 0 Å². The highest BCUT2D eigenvalue weighted by Gasteiger charge is 2.38. The number of hydrogen-bond acceptors (Lipinski definition) is 5. The summed E-state index contributed by atoms with van der Waals surface area (Å²) in [5, 5.41) is 10.0. The fraction of sp³-hybridized carbons (Fsp3) is 0.714. The molecule has 2 heterocycles. The Kier molecular flexibility index (Phi) is 4.45. The number of H-pyrrole nitrogens is 1. The Hall–Kier alpha value is -1.40. The van der Waals surface area contributed by atoms with Crippen LogP contribution in [0.1, 0.15) is 50.9 Å². The molecular weight excluding hydrogens is 260 g/mol. The second-order valence-electron chi connectivity index (χ2n) is 5.35. The highest BCUT2D eigenvalue weighted by atomic mass is 16.5. The van der Waals surface area contributed by atoms with Crippen molar-refractivity contribution >= 4 is 0 Å². The van der Waals surface area contributed by atoms with Crippen LogP contribution in [0.4, 0.5) is 0 Å². The van der Waals surface area contributed by atoms with Gasteiger partial charge in [0.05, 0.1) is 5.56 Å². The third-order valence-corrected chi connectivity index (χ3v) is 3.67. The molecule has 0 saturated carbocycles. The molecule has 1 fully saturated rings. The minimum atomic E-state index is -0.668. The third-order valence-electron chi connectivity index (χ3n) is 3.67. The minimum absolute atomic E-state index is 0.0852. The Balaban J connectivity index is 2.47. The summed E-state index contributed by atoms with van der Waals surface area (Å²) in [5.41, 5.74) is -0.653. The Morgan fingerprint density at radius 1 is 1.45 bits per heavy atom. The van der Waals surface area contributed by atoms with Crippen molar-refractivity contribution in [2.45, 2.75) is 45.1 Å². The molecule has 0 atom stereocenters. The molecule has 20 heavy (non-hydrogen) atoms. The minimum Gasteiger partial charge on any atom is -0.493 e. The molecule has 6 nitrogen and oxygen atoms in total. The first-order valence-electron chi connectivity index (χ1n) is 7.05. The lowest BCUT2D eigenvalue weighted by Crippen LogP contribution is -2.40. The van der Waals surface area contributed by atoms with Gasteiger partial charge in [0, 0.05) is 32.7 Å². The SMILES string of the molecule is CCOC1(c2nc(O)c(C(C)C)c(=O)[nH]2)CCOCC1. The monoisotopic (exact) mass is 282 g/mol. The summed E-state index contributed by atoms with van der Waals surface area (Å²) in [6.07, 6.45) is 1.23. The molecule has 112 valence electrons. The predicted molar refractivity (Wildman–Crippen MR) is 74.0 cm³/mol. The van der Waals surface area contributed by atoms with Crippen LogP contribution in [0, 0.1) is 0 Å². The molecule has 0 unspecified atom stereocenters. The van der Waals surface area contributed by atoms with Gasteiger partial charge in [-0.15, -0.1) is 0 Å². The van der Waals surface area contributed by atoms with Crippen LogP contribution in [0.25, 0.3) is 0 Å². The Labute approximate surface area is 118 Å². The molecule has 0 aliphatic carbocycles. The number of nitrogens with zero attached hydrogens (tertiary/aromatic N) is 1. The molecule has 1 aliphatic heterocycles. The van der Waals surface area contributed by atoms with E-state index < -0.39 is 5.60 Å². The first-order chi connectivity index (χ1) is 9.50. The highest BCUT2D eigenvalue weighted by molar-refractivity contribution is 5.27. The highest BCUT2D eigenvalue weighted by Crippen LogP contribution is 2.34. The van der Waals surface area contributed by atoms with Gasteiger partial charge in [0.25, 0.3) is 5.56 Å². The number of aromatic hydroxyl groups is 1. The standard InChI is InChI=1S/C14H22N2O4/c1-4-20-14(5-7-19-8-6-14)13-15-11(17)10(9(2)3)12(18)16-13/h9H,4-8H2,1-3H3,(H2,15,16,17,18). The topological polar surface area (TPSA) is 84.4 Å². The number of aromatic amines is 1. The smallest absolute Gasteiger partial charge is 0.258 e. The molecule has 0 amide bonds. The summed E-state index contributed by atoms with van der Waals surface area (Å²) in [7, 11) is 0. The van der Waals surface area contributed by atoms with Gasteiger partial charge in [-0.1, -0.05) is 13.8 Å². The van der Waals surface area contributed by atoms with Crippen molar-refractivity contribution < 1.29 is 14.6 Å². The molecule has 0 bridgehead atoms. The Morgan fingerprint density at radius 2 is 2.10 bits per heavy atom. The van der Waals surface area contributed by atoms with Gasteiger partial charge in [-0.05, 0) is 12.8 Å². The molecule has 0 aromatic carbocycles. The lowest BCUT2D eigenvalue weighted by molar-refractivity contribution is -0.118. The van der Waals surface area contributed by atoms with Crippen LogP contribution in [0.2, 0.25) is 0 Å². The number of aromatic nitrogens is 2. The van der Waals surface area contributed by atoms with Gasteiger partial charge >= 0.3 is 0 Å². The van der Waals surface area contributed by atoms with Crippen molar-refractivity contribution in [3.05, 3.63) is 21.7 Å². The molecule has 1 aromatic rings. The van der Waals surface area contributed by atoms with Crippen LogP contribution in [-0.4, -0.2) is 34.9 Å². The van der Waals surface area contributed by atoms with E-state index in [1.54, 1.807) is 0 Å². The molecular formula is C14H22N2O4. The van der Waals surface area contributed by atoms with Crippen molar-refractivity contribution in [3.8, 4) is 5.88 Å². The number of ether oxygens (including phenoxy) is 2. The maximum absolute atomic E-state index is 12.1. The van der Waals surface area contributed by atoms with Crippen LogP contribution in [0.5, 0.6) is 5.88 Å². The predicted octanol–water partition coefficient (Wildman–Crippen LogP) is 1.64. The van der Waals surface area contributed by atoms with Gasteiger partial charge in [-0.3, -0.25) is 4.79 Å². The number of nitrogens with one attached hydrogen (secondary N) is 1. The Morgan fingerprint density at radius 3 is 2.60 bits per heavy atom. The quantitative estimate of drug-likeness (QED) is 0.877. The largest absolute Gasteiger partial charge is 0.493 e. The van der Waals surface area contributed by atoms with Gasteiger partial charge in [0.2, 0.25) is 5.88 Å². The van der Waals surface area contributed by atoms with Gasteiger partial charge in [0.1, 0.15) is 11.4 Å². The van der Waals surface area contributed by atoms with Crippen LogP contribution in [0.3, 0.4) is 0 Å². The normalized spacial score (nSPS) is 18.4. The molecule has 1 aromatic heterocycles. The Bertz CT molecular complexity index is 513. The van der Waals surface area contributed by atoms with Crippen molar-refractivity contribution in [1.82, 2.24) is 9.97 Å². The zero-order valence-electron chi connectivity index (χ0n) is 12.2. The van der Waals surface area contributed by atoms with Crippen LogP contribution >= 0.6 is 0 Å². The summed E-state index contributed by atoms with van der Waals surface area (Å²) in [6.45, 7) is 7.21. The lowest BCUT2D eigenvalue weighted by Gasteiger charge is -2.35. The van der Waals surface area contributed by atoms with E-state index in [2.05, 4.69) is 9.97 Å². The van der Waals surface area contributed by atoms with Crippen molar-refractivity contribution in [2.24, 2.45) is 0 Å². The van der Waals surface area contributed by atoms with Crippen LogP contribution in [0.15, 0.2) is 4.79 Å². The van der Waals surface area contributed by atoms with E-state index in [0.29, 0.717) is 44.1 Å². The lowest BCUT2D eigenvalue weighted by atomic mass is 9.92. The summed E-state index contributed by atoms with van der Waals surface area (Å²) in [5.74, 6) is 0.108. The van der Waals surface area contributed by atoms with Crippen LogP contribution < -0.4 is 5.56 Å². The van der Waals surface area contributed by atoms with Gasteiger partial charge in [-0.25, -0.2) is 0 Å². The fourth-order valence-corrected chi connectivity index (χ4v) is 2.63. The molecule has 1 aliphatic rings. The zero-order chi connectivity index (χ0) is 14.8. The third kappa shape index (κ3) is 2.71. The first-order valence-corrected chi connectivity index (χ1v) is 7.05. The first kappa shape index (κ1) is 15.0. The van der Waals surface area contributed by atoms with Crippen LogP contribution in [-0.2, 0) is 15.1 Å². The summed E-state index contributed by atoms with van der Waals surface area (Å²) in [6, 6.07) is 0. The molecule has 0 spiro atoms. The molecule has 6 heteroatoms. The summed E-state index contributed by atoms with van der Waals surface area (Å²) < 4.78 is 11.2. The van der Waals surface area contributed by atoms with Crippen molar-refractivity contribution in [3.63, 3.8) is 0 Å². The van der Waals surface area contributed by atoms with Gasteiger partial charge in [0.15, 0.2) is 0 Å². The maximum atomic E-state index is 12.1. The molecule has 2 N–H and O–H groups in total. The maximum Gasteiger partial charge on any atom is 0.258 e. The van der Waals surface area contributed by atoms with Gasteiger partial charge in [-0.2, -0.15) is 4.98 Å². The van der Waals surface area contributed by atoms with E-state index in [0.717, 1.165) is 0 Å². The van der Waals surface area contributed by atoms with E-state index in [9.17, 15) is 9.90 Å². The van der Waals surface area contributed by atoms with E-state index in [4.69, 9.17) is 9.47 Å². The fourth-order valence-electron chi connectivity index (χ4n) is 2.63. The second kappa shape index (κ2) is 5.93. The van der Waals surface area contributed by atoms with E-state index in [-0.39, 0.29) is 17.4 Å². The molecule has 0 radical (unpaired) electrons. The zero-order valence-corrected chi connectivity index (χ0v) is 12.2. The summed E-state index contributed by atoms with van der Waals surface area (Å²) >= 11 is 0. The summed E-state index contributed by atoms with van der Waals surface area (Å²) in [4.78, 5) is 19.1. The van der Waals surface area contributed by atoms with Crippen molar-refractivity contribution in [2.75, 3.05) is 19.8 Å². The number of hydrogen-bond donors (Lipinski definition) is 2. The average Bonchev–Trinajstić information content (AvgIpc) is 2.38. The van der Waals surface area contributed by atoms with E-state index >= 15 is 0 Å².